The largest absolute Gasteiger partial charge is 0.441 e. The second-order valence-corrected chi connectivity index (χ2v) is 5.07. The molecule has 0 bridgehead atoms. The van der Waals surface area contributed by atoms with Gasteiger partial charge in [-0.05, 0) is 11.6 Å². The maximum Gasteiger partial charge on any atom is 0.441 e. The molecule has 0 saturated carbocycles. The minimum atomic E-state index is -3.97. The molecule has 0 aliphatic carbocycles. The quantitative estimate of drug-likeness (QED) is 0.694. The molecule has 0 fully saturated rings. The number of rotatable bonds is 2. The minimum absolute atomic E-state index is 0.182. The second-order valence-electron chi connectivity index (χ2n) is 3.45. The lowest BCUT2D eigenvalue weighted by Crippen LogP contribution is -2.12. The fourth-order valence-electron chi connectivity index (χ4n) is 1.60. The van der Waals surface area contributed by atoms with Gasteiger partial charge in [-0.15, -0.1) is 0 Å². The fraction of sp³-hybridized carbons (Fsp3) is 0. The maximum absolute atomic E-state index is 9.35. The molecule has 0 radical (unpaired) electrons. The van der Waals surface area contributed by atoms with E-state index in [0.717, 1.165) is 5.56 Å². The molecular weight excluding hydrogens is 223 g/mol. The third kappa shape index (κ3) is 2.29. The zero-order valence-corrected chi connectivity index (χ0v) is 9.38. The Morgan fingerprint density at radius 3 is 1.88 bits per heavy atom. The summed E-state index contributed by atoms with van der Waals surface area (Å²) in [6.07, 6.45) is 0. The molecule has 0 aliphatic rings. The topological polar surface area (TPSA) is 60.7 Å². The minimum Gasteiger partial charge on any atom is -0.189 e. The van der Waals surface area contributed by atoms with Crippen LogP contribution in [-0.2, 0) is 0 Å². The first kappa shape index (κ1) is 11.2. The van der Waals surface area contributed by atoms with Crippen LogP contribution in [0.5, 0.6) is 0 Å². The normalized spacial score (nSPS) is 11.4. The molecule has 0 spiro atoms. The summed E-state index contributed by atoms with van der Waals surface area (Å²) in [5.41, 5.74) is 1.49. The highest BCUT2D eigenvalue weighted by molar-refractivity contribution is 7.67. The van der Waals surface area contributed by atoms with Crippen LogP contribution in [0.3, 0.4) is 0 Å². The van der Waals surface area contributed by atoms with E-state index in [1.807, 2.05) is 30.3 Å². The highest BCUT2D eigenvalue weighted by Crippen LogP contribution is 2.45. The van der Waals surface area contributed by atoms with Gasteiger partial charge in [0.1, 0.15) is 0 Å². The van der Waals surface area contributed by atoms with Crippen molar-refractivity contribution in [2.24, 2.45) is 0 Å². The number of hydrogen-bond acceptors (Lipinski definition) is 3. The van der Waals surface area contributed by atoms with Crippen molar-refractivity contribution in [3.8, 4) is 11.1 Å². The van der Waals surface area contributed by atoms with E-state index in [0.29, 0.717) is 5.56 Å². The third-order valence-electron chi connectivity index (χ3n) is 2.31. The zero-order chi connectivity index (χ0) is 11.6. The molecular formula is C12H12O3P+. The van der Waals surface area contributed by atoms with Gasteiger partial charge in [-0.25, -0.2) is 0 Å². The van der Waals surface area contributed by atoms with Crippen LogP contribution >= 0.6 is 7.94 Å². The van der Waals surface area contributed by atoms with Crippen molar-refractivity contribution < 1.29 is 14.7 Å². The van der Waals surface area contributed by atoms with E-state index >= 15 is 0 Å². The van der Waals surface area contributed by atoms with Gasteiger partial charge in [0.05, 0.1) is 0 Å². The highest BCUT2D eigenvalue weighted by Gasteiger charge is 2.36. The molecule has 3 N–H and O–H groups in total. The standard InChI is InChI=1S/C12H12O3P/c13-16(14,15)12-9-5-4-8-11(12)10-6-2-1-3-7-10/h1-9,13-15H/q+1. The van der Waals surface area contributed by atoms with Gasteiger partial charge in [-0.3, -0.25) is 0 Å². The van der Waals surface area contributed by atoms with Crippen molar-refractivity contribution in [3.63, 3.8) is 0 Å². The average Bonchev–Trinajstić information content (AvgIpc) is 2.29. The molecule has 2 aromatic rings. The molecule has 0 heterocycles. The summed E-state index contributed by atoms with van der Waals surface area (Å²) < 4.78 is 0. The Hall–Kier alpha value is -1.25. The van der Waals surface area contributed by atoms with Crippen molar-refractivity contribution in [2.75, 3.05) is 0 Å². The first-order valence-corrected chi connectivity index (χ1v) is 6.46. The lowest BCUT2D eigenvalue weighted by Gasteiger charge is -2.09. The summed E-state index contributed by atoms with van der Waals surface area (Å²) in [6, 6.07) is 16.0. The molecule has 2 aromatic carbocycles. The molecule has 0 aromatic heterocycles. The van der Waals surface area contributed by atoms with Gasteiger partial charge in [-0.1, -0.05) is 48.5 Å². The monoisotopic (exact) mass is 235 g/mol. The summed E-state index contributed by atoms with van der Waals surface area (Å²) >= 11 is 0. The molecule has 16 heavy (non-hydrogen) atoms. The predicted octanol–water partition coefficient (Wildman–Crippen LogP) is 1.72. The van der Waals surface area contributed by atoms with Crippen molar-refractivity contribution in [2.45, 2.75) is 0 Å². The van der Waals surface area contributed by atoms with Crippen LogP contribution in [0.1, 0.15) is 0 Å². The molecule has 0 atom stereocenters. The van der Waals surface area contributed by atoms with E-state index in [-0.39, 0.29) is 5.30 Å². The van der Waals surface area contributed by atoms with Crippen molar-refractivity contribution in [3.05, 3.63) is 54.6 Å². The first-order chi connectivity index (χ1) is 7.59. The Labute approximate surface area is 94.2 Å². The molecule has 82 valence electrons. The van der Waals surface area contributed by atoms with Crippen LogP contribution in [-0.4, -0.2) is 14.7 Å². The van der Waals surface area contributed by atoms with Crippen molar-refractivity contribution >= 4 is 13.2 Å². The van der Waals surface area contributed by atoms with Crippen molar-refractivity contribution in [1.29, 1.82) is 0 Å². The van der Waals surface area contributed by atoms with E-state index in [1.54, 1.807) is 18.2 Å². The van der Waals surface area contributed by atoms with Gasteiger partial charge in [0.25, 0.3) is 0 Å². The predicted molar refractivity (Wildman–Crippen MR) is 65.1 cm³/mol. The molecule has 0 unspecified atom stereocenters. The van der Waals surface area contributed by atoms with Gasteiger partial charge in [0.15, 0.2) is 5.30 Å². The summed E-state index contributed by atoms with van der Waals surface area (Å²) in [6.45, 7) is 0. The van der Waals surface area contributed by atoms with Gasteiger partial charge >= 0.3 is 7.94 Å². The Morgan fingerprint density at radius 2 is 1.25 bits per heavy atom. The Morgan fingerprint density at radius 1 is 0.688 bits per heavy atom. The molecule has 3 nitrogen and oxygen atoms in total. The van der Waals surface area contributed by atoms with Crippen molar-refractivity contribution in [1.82, 2.24) is 0 Å². The zero-order valence-electron chi connectivity index (χ0n) is 8.49. The van der Waals surface area contributed by atoms with Crippen LogP contribution in [0.15, 0.2) is 54.6 Å². The van der Waals surface area contributed by atoms with E-state index in [9.17, 15) is 14.7 Å². The van der Waals surface area contributed by atoms with Gasteiger partial charge < -0.3 is 0 Å². The van der Waals surface area contributed by atoms with Crippen LogP contribution in [0.2, 0.25) is 0 Å². The van der Waals surface area contributed by atoms with Gasteiger partial charge in [0, 0.05) is 5.56 Å². The Bertz CT molecular complexity index is 477. The average molecular weight is 235 g/mol. The second kappa shape index (κ2) is 4.32. The summed E-state index contributed by atoms with van der Waals surface area (Å²) in [7, 11) is -3.97. The lowest BCUT2D eigenvalue weighted by atomic mass is 10.1. The fourth-order valence-corrected chi connectivity index (χ4v) is 2.41. The lowest BCUT2D eigenvalue weighted by molar-refractivity contribution is 0.347. The van der Waals surface area contributed by atoms with E-state index in [1.165, 1.54) is 6.07 Å². The van der Waals surface area contributed by atoms with E-state index in [4.69, 9.17) is 0 Å². The highest BCUT2D eigenvalue weighted by atomic mass is 31.2. The Kier molecular flexibility index (Phi) is 3.03. The molecule has 0 saturated heterocycles. The van der Waals surface area contributed by atoms with E-state index in [2.05, 4.69) is 0 Å². The Balaban J connectivity index is 2.58. The summed E-state index contributed by atoms with van der Waals surface area (Å²) in [5, 5.41) is 0.182. The smallest absolute Gasteiger partial charge is 0.189 e. The van der Waals surface area contributed by atoms with Gasteiger partial charge in [0.2, 0.25) is 0 Å². The maximum atomic E-state index is 9.35. The summed E-state index contributed by atoms with van der Waals surface area (Å²) in [4.78, 5) is 28.1. The number of benzene rings is 2. The van der Waals surface area contributed by atoms with Crippen LogP contribution in [0.25, 0.3) is 11.1 Å². The van der Waals surface area contributed by atoms with Crippen LogP contribution < -0.4 is 5.30 Å². The van der Waals surface area contributed by atoms with Gasteiger partial charge in [-0.2, -0.15) is 14.7 Å². The summed E-state index contributed by atoms with van der Waals surface area (Å²) in [5.74, 6) is 0. The number of hydrogen-bond donors (Lipinski definition) is 3. The van der Waals surface area contributed by atoms with Crippen LogP contribution in [0.4, 0.5) is 0 Å². The molecule has 2 rings (SSSR count). The first-order valence-electron chi connectivity index (χ1n) is 4.81. The molecule has 0 amide bonds. The SMILES string of the molecule is O[P+](O)(O)c1ccccc1-c1ccccc1. The third-order valence-corrected chi connectivity index (χ3v) is 3.35. The van der Waals surface area contributed by atoms with E-state index < -0.39 is 7.94 Å². The van der Waals surface area contributed by atoms with Crippen LogP contribution in [0, 0.1) is 0 Å². The molecule has 4 heteroatoms. The molecule has 0 aliphatic heterocycles.